The molecule has 8 nitrogen and oxygen atoms in total. The van der Waals surface area contributed by atoms with Crippen LogP contribution in [0.5, 0.6) is 0 Å². The predicted molar refractivity (Wildman–Crippen MR) is 88.9 cm³/mol. The molecule has 0 N–H and O–H groups in total. The molecule has 26 heavy (non-hydrogen) atoms. The molecule has 0 spiro atoms. The lowest BCUT2D eigenvalue weighted by Crippen LogP contribution is -2.36. The summed E-state index contributed by atoms with van der Waals surface area (Å²) in [5.41, 5.74) is 2.05. The molecular weight excluding hydrogens is 361 g/mol. The molecule has 0 atom stereocenters. The van der Waals surface area contributed by atoms with Gasteiger partial charge in [-0.25, -0.2) is 12.8 Å². The number of hydrogen-bond acceptors (Lipinski definition) is 6. The lowest BCUT2D eigenvalue weighted by molar-refractivity contribution is 0.382. The molecule has 0 radical (unpaired) electrons. The van der Waals surface area contributed by atoms with Gasteiger partial charge in [0.1, 0.15) is 10.7 Å². The van der Waals surface area contributed by atoms with Gasteiger partial charge in [0, 0.05) is 37.8 Å². The van der Waals surface area contributed by atoms with Crippen molar-refractivity contribution in [2.75, 3.05) is 6.54 Å². The van der Waals surface area contributed by atoms with Crippen LogP contribution in [0.1, 0.15) is 17.1 Å². The summed E-state index contributed by atoms with van der Waals surface area (Å²) >= 11 is 0. The average molecular weight is 377 g/mol. The van der Waals surface area contributed by atoms with Crippen molar-refractivity contribution in [1.82, 2.24) is 24.2 Å². The Kier molecular flexibility index (Phi) is 3.88. The van der Waals surface area contributed by atoms with Crippen LogP contribution in [0.25, 0.3) is 11.6 Å². The Hall–Kier alpha value is -2.59. The summed E-state index contributed by atoms with van der Waals surface area (Å²) in [7, 11) is -2.18. The Bertz CT molecular complexity index is 1090. The molecule has 3 aromatic rings. The smallest absolute Gasteiger partial charge is 0.278 e. The van der Waals surface area contributed by atoms with E-state index in [0.29, 0.717) is 23.5 Å². The van der Waals surface area contributed by atoms with Crippen LogP contribution in [0.2, 0.25) is 0 Å². The van der Waals surface area contributed by atoms with Crippen molar-refractivity contribution in [3.63, 3.8) is 0 Å². The molecule has 0 saturated heterocycles. The van der Waals surface area contributed by atoms with Gasteiger partial charge < -0.3 is 4.52 Å². The second-order valence-electron chi connectivity index (χ2n) is 6.06. The van der Waals surface area contributed by atoms with E-state index in [1.165, 1.54) is 22.5 Å². The molecule has 1 aromatic carbocycles. The third-order valence-corrected chi connectivity index (χ3v) is 6.27. The van der Waals surface area contributed by atoms with Gasteiger partial charge in [0.05, 0.1) is 0 Å². The molecule has 10 heteroatoms. The van der Waals surface area contributed by atoms with Gasteiger partial charge in [0.2, 0.25) is 10.0 Å². The summed E-state index contributed by atoms with van der Waals surface area (Å²) in [5.74, 6) is -0.0623. The molecule has 4 rings (SSSR count). The van der Waals surface area contributed by atoms with Gasteiger partial charge in [-0.2, -0.15) is 14.4 Å². The number of sulfonamides is 1. The van der Waals surface area contributed by atoms with E-state index in [2.05, 4.69) is 15.2 Å². The van der Waals surface area contributed by atoms with Crippen LogP contribution in [-0.2, 0) is 30.0 Å². The molecular formula is C16H16FN5O3S. The molecule has 0 bridgehead atoms. The lowest BCUT2D eigenvalue weighted by Gasteiger charge is -2.26. The van der Waals surface area contributed by atoms with Crippen molar-refractivity contribution in [3.05, 3.63) is 47.2 Å². The van der Waals surface area contributed by atoms with E-state index in [1.54, 1.807) is 18.7 Å². The van der Waals surface area contributed by atoms with Gasteiger partial charge in [0.15, 0.2) is 11.5 Å². The molecule has 0 amide bonds. The highest BCUT2D eigenvalue weighted by Gasteiger charge is 2.34. The Labute approximate surface area is 149 Å². The van der Waals surface area contributed by atoms with Crippen LogP contribution in [0.15, 0.2) is 33.7 Å². The van der Waals surface area contributed by atoms with Crippen LogP contribution in [-0.4, -0.2) is 39.2 Å². The molecule has 1 aliphatic rings. The second-order valence-corrected chi connectivity index (χ2v) is 7.97. The Morgan fingerprint density at radius 3 is 2.73 bits per heavy atom. The van der Waals surface area contributed by atoms with Crippen molar-refractivity contribution >= 4 is 10.0 Å². The van der Waals surface area contributed by atoms with E-state index in [9.17, 15) is 12.8 Å². The maximum Gasteiger partial charge on any atom is 0.278 e. The quantitative estimate of drug-likeness (QED) is 0.689. The fourth-order valence-electron chi connectivity index (χ4n) is 3.13. The normalized spacial score (nSPS) is 15.2. The van der Waals surface area contributed by atoms with E-state index in [1.807, 2.05) is 0 Å². The van der Waals surface area contributed by atoms with Gasteiger partial charge in [-0.1, -0.05) is 17.3 Å². The molecule has 1 aliphatic heterocycles. The number of nitrogens with zero attached hydrogens (tertiary/aromatic N) is 5. The van der Waals surface area contributed by atoms with Crippen molar-refractivity contribution in [2.24, 2.45) is 7.05 Å². The van der Waals surface area contributed by atoms with E-state index >= 15 is 0 Å². The third-order valence-electron chi connectivity index (χ3n) is 4.39. The number of aryl methyl sites for hydroxylation is 2. The van der Waals surface area contributed by atoms with Crippen molar-refractivity contribution in [3.8, 4) is 11.6 Å². The van der Waals surface area contributed by atoms with Gasteiger partial charge >= 0.3 is 0 Å². The molecule has 0 saturated carbocycles. The zero-order chi connectivity index (χ0) is 18.5. The van der Waals surface area contributed by atoms with Gasteiger partial charge in [-0.3, -0.25) is 4.68 Å². The topological polar surface area (TPSA) is 94.1 Å². The van der Waals surface area contributed by atoms with Gasteiger partial charge in [-0.15, -0.1) is 0 Å². The van der Waals surface area contributed by atoms with Gasteiger partial charge in [-0.05, 0) is 19.1 Å². The van der Waals surface area contributed by atoms with Crippen molar-refractivity contribution < 1.29 is 17.3 Å². The van der Waals surface area contributed by atoms with Crippen molar-refractivity contribution in [2.45, 2.75) is 24.8 Å². The van der Waals surface area contributed by atoms with E-state index < -0.39 is 15.8 Å². The first kappa shape index (κ1) is 16.9. The summed E-state index contributed by atoms with van der Waals surface area (Å²) in [4.78, 5) is 3.85. The summed E-state index contributed by atoms with van der Waals surface area (Å²) in [5, 5.41) is 8.17. The molecule has 0 fully saturated rings. The zero-order valence-corrected chi connectivity index (χ0v) is 15.0. The SMILES string of the molecule is Cc1noc(-c2nn(C)c3c2CN(S(=O)(=O)c2ccccc2F)CC3)n1. The number of hydrogen-bond donors (Lipinski definition) is 0. The fraction of sp³-hybridized carbons (Fsp3) is 0.312. The lowest BCUT2D eigenvalue weighted by atomic mass is 10.1. The summed E-state index contributed by atoms with van der Waals surface area (Å²) in [6.45, 7) is 2.00. The number of fused-ring (bicyclic) bond motifs is 1. The number of benzene rings is 1. The Balaban J connectivity index is 1.75. The van der Waals surface area contributed by atoms with E-state index in [0.717, 1.165) is 11.8 Å². The fourth-order valence-corrected chi connectivity index (χ4v) is 4.60. The summed E-state index contributed by atoms with van der Waals surface area (Å²) in [6, 6.07) is 5.37. The first-order chi connectivity index (χ1) is 12.4. The minimum Gasteiger partial charge on any atom is -0.332 e. The zero-order valence-electron chi connectivity index (χ0n) is 14.2. The van der Waals surface area contributed by atoms with E-state index in [-0.39, 0.29) is 23.9 Å². The monoisotopic (exact) mass is 377 g/mol. The first-order valence-electron chi connectivity index (χ1n) is 7.98. The maximum absolute atomic E-state index is 14.0. The standard InChI is InChI=1S/C16H16FN5O3S/c1-10-18-16(25-20-10)15-11-9-22(8-7-13(11)21(2)19-15)26(23,24)14-6-4-3-5-12(14)17/h3-6H,7-9H2,1-2H3. The first-order valence-corrected chi connectivity index (χ1v) is 9.42. The van der Waals surface area contributed by atoms with Gasteiger partial charge in [0.25, 0.3) is 5.89 Å². The minimum absolute atomic E-state index is 0.0661. The Morgan fingerprint density at radius 1 is 1.27 bits per heavy atom. The minimum atomic E-state index is -3.97. The highest BCUT2D eigenvalue weighted by molar-refractivity contribution is 7.89. The van der Waals surface area contributed by atoms with Crippen LogP contribution in [0, 0.1) is 12.7 Å². The molecule has 0 unspecified atom stereocenters. The molecule has 0 aliphatic carbocycles. The van der Waals surface area contributed by atoms with Crippen molar-refractivity contribution in [1.29, 1.82) is 0 Å². The Morgan fingerprint density at radius 2 is 2.04 bits per heavy atom. The van der Waals surface area contributed by atoms with Crippen LogP contribution < -0.4 is 0 Å². The van der Waals surface area contributed by atoms with E-state index in [4.69, 9.17) is 4.52 Å². The molecule has 3 heterocycles. The summed E-state index contributed by atoms with van der Waals surface area (Å²) < 4.78 is 47.9. The average Bonchev–Trinajstić information content (AvgIpc) is 3.18. The highest BCUT2D eigenvalue weighted by Crippen LogP contribution is 2.31. The third kappa shape index (κ3) is 2.61. The summed E-state index contributed by atoms with van der Waals surface area (Å²) in [6.07, 6.45) is 0.458. The predicted octanol–water partition coefficient (Wildman–Crippen LogP) is 1.66. The molecule has 2 aromatic heterocycles. The number of aromatic nitrogens is 4. The second kappa shape index (κ2) is 5.99. The molecule has 136 valence electrons. The largest absolute Gasteiger partial charge is 0.332 e. The van der Waals surface area contributed by atoms with Crippen LogP contribution >= 0.6 is 0 Å². The highest BCUT2D eigenvalue weighted by atomic mass is 32.2. The van der Waals surface area contributed by atoms with Crippen LogP contribution in [0.3, 0.4) is 0 Å². The maximum atomic E-state index is 14.0. The number of rotatable bonds is 3. The number of halogens is 1. The van der Waals surface area contributed by atoms with Crippen LogP contribution in [0.4, 0.5) is 4.39 Å².